The average molecular weight is 266 g/mol. The summed E-state index contributed by atoms with van der Waals surface area (Å²) < 4.78 is 15.7. The van der Waals surface area contributed by atoms with Gasteiger partial charge >= 0.3 is 0 Å². The second-order valence-corrected chi connectivity index (χ2v) is 4.37. The van der Waals surface area contributed by atoms with Gasteiger partial charge in [0.1, 0.15) is 0 Å². The summed E-state index contributed by atoms with van der Waals surface area (Å²) in [6.07, 6.45) is 1.98. The van der Waals surface area contributed by atoms with E-state index in [-0.39, 0.29) is 0 Å². The maximum atomic E-state index is 5.57. The van der Waals surface area contributed by atoms with Crippen LogP contribution in [0.2, 0.25) is 0 Å². The van der Waals surface area contributed by atoms with Crippen molar-refractivity contribution in [2.24, 2.45) is 0 Å². The Morgan fingerprint density at radius 2 is 1.83 bits per heavy atom. The number of ether oxygens (including phenoxy) is 2. The van der Waals surface area contributed by atoms with E-state index in [1.54, 1.807) is 32.0 Å². The van der Waals surface area contributed by atoms with E-state index < -0.39 is 0 Å². The number of aromatic nitrogens is 1. The molecule has 2 rings (SSSR count). The molecule has 1 aromatic heterocycles. The van der Waals surface area contributed by atoms with Gasteiger partial charge in [-0.3, -0.25) is 0 Å². The molecule has 6 heteroatoms. The Kier molecular flexibility index (Phi) is 3.66. The summed E-state index contributed by atoms with van der Waals surface area (Å²) in [4.78, 5) is 1.00. The predicted molar refractivity (Wildman–Crippen MR) is 71.2 cm³/mol. The Labute approximate surface area is 109 Å². The zero-order chi connectivity index (χ0) is 13.1. The third kappa shape index (κ3) is 2.24. The first-order valence-corrected chi connectivity index (χ1v) is 6.44. The van der Waals surface area contributed by atoms with Crippen LogP contribution in [0.3, 0.4) is 0 Å². The van der Waals surface area contributed by atoms with Crippen molar-refractivity contribution in [3.63, 3.8) is 0 Å². The molecule has 96 valence electrons. The van der Waals surface area contributed by atoms with Crippen LogP contribution in [-0.4, -0.2) is 25.6 Å². The van der Waals surface area contributed by atoms with Gasteiger partial charge in [-0.15, -0.1) is 11.8 Å². The summed E-state index contributed by atoms with van der Waals surface area (Å²) in [7, 11) is 3.20. The third-order valence-corrected chi connectivity index (χ3v) is 3.28. The minimum atomic E-state index is 0.354. The van der Waals surface area contributed by atoms with Crippen LogP contribution in [0.25, 0.3) is 11.3 Å². The number of benzene rings is 1. The number of nitrogens with zero attached hydrogens (tertiary/aromatic N) is 1. The topological polar surface area (TPSA) is 70.5 Å². The maximum Gasteiger partial charge on any atom is 0.170 e. The van der Waals surface area contributed by atoms with Crippen LogP contribution in [0.4, 0.5) is 5.82 Å². The predicted octanol–water partition coefficient (Wildman–Crippen LogP) is 2.66. The van der Waals surface area contributed by atoms with Gasteiger partial charge in [-0.25, -0.2) is 0 Å². The van der Waals surface area contributed by atoms with E-state index >= 15 is 0 Å². The lowest BCUT2D eigenvalue weighted by Crippen LogP contribution is -1.92. The minimum absolute atomic E-state index is 0.354. The number of rotatable bonds is 4. The highest BCUT2D eigenvalue weighted by Gasteiger charge is 2.15. The first-order chi connectivity index (χ1) is 8.69. The van der Waals surface area contributed by atoms with E-state index in [0.29, 0.717) is 23.1 Å². The van der Waals surface area contributed by atoms with Gasteiger partial charge in [0.25, 0.3) is 0 Å². The first kappa shape index (κ1) is 12.6. The fourth-order valence-electron chi connectivity index (χ4n) is 1.64. The molecule has 0 radical (unpaired) electrons. The first-order valence-electron chi connectivity index (χ1n) is 5.22. The Hall–Kier alpha value is -1.82. The molecule has 0 saturated carbocycles. The normalized spacial score (nSPS) is 10.4. The lowest BCUT2D eigenvalue weighted by molar-refractivity contribution is 0.354. The third-order valence-electron chi connectivity index (χ3n) is 2.50. The SMILES string of the molecule is COc1cc(SC)c(-c2cc(N)no2)cc1OC. The number of methoxy groups -OCH3 is 2. The molecule has 0 aliphatic heterocycles. The molecule has 1 aromatic carbocycles. The minimum Gasteiger partial charge on any atom is -0.493 e. The molecule has 2 N–H and O–H groups in total. The van der Waals surface area contributed by atoms with Crippen molar-refractivity contribution in [3.8, 4) is 22.8 Å². The summed E-state index contributed by atoms with van der Waals surface area (Å²) in [5.41, 5.74) is 6.45. The highest BCUT2D eigenvalue weighted by molar-refractivity contribution is 7.98. The Bertz CT molecular complexity index is 554. The van der Waals surface area contributed by atoms with Crippen LogP contribution >= 0.6 is 11.8 Å². The van der Waals surface area contributed by atoms with Crippen LogP contribution in [0.15, 0.2) is 27.6 Å². The molecule has 0 atom stereocenters. The summed E-state index contributed by atoms with van der Waals surface area (Å²) >= 11 is 1.58. The van der Waals surface area contributed by atoms with Gasteiger partial charge in [0.05, 0.1) is 14.2 Å². The van der Waals surface area contributed by atoms with Crippen molar-refractivity contribution in [2.75, 3.05) is 26.2 Å². The Morgan fingerprint density at radius 1 is 1.17 bits per heavy atom. The van der Waals surface area contributed by atoms with Gasteiger partial charge in [0.2, 0.25) is 0 Å². The van der Waals surface area contributed by atoms with E-state index in [1.165, 1.54) is 0 Å². The molecule has 0 aliphatic rings. The van der Waals surface area contributed by atoms with Crippen LogP contribution < -0.4 is 15.2 Å². The van der Waals surface area contributed by atoms with Crippen molar-refractivity contribution < 1.29 is 14.0 Å². The van der Waals surface area contributed by atoms with Crippen molar-refractivity contribution in [1.82, 2.24) is 5.16 Å². The van der Waals surface area contributed by atoms with Crippen LogP contribution in [-0.2, 0) is 0 Å². The van der Waals surface area contributed by atoms with Crippen LogP contribution in [0.5, 0.6) is 11.5 Å². The number of hydrogen-bond donors (Lipinski definition) is 1. The average Bonchev–Trinajstić information content (AvgIpc) is 2.83. The van der Waals surface area contributed by atoms with Crippen LogP contribution in [0.1, 0.15) is 0 Å². The van der Waals surface area contributed by atoms with Gasteiger partial charge in [-0.1, -0.05) is 5.16 Å². The lowest BCUT2D eigenvalue weighted by atomic mass is 10.1. The number of thioether (sulfide) groups is 1. The van der Waals surface area contributed by atoms with E-state index in [0.717, 1.165) is 10.5 Å². The van der Waals surface area contributed by atoms with Gasteiger partial charge < -0.3 is 19.7 Å². The smallest absolute Gasteiger partial charge is 0.170 e. The number of hydrogen-bond acceptors (Lipinski definition) is 6. The standard InChI is InChI=1S/C12H14N2O3S/c1-15-9-4-7(8-6-12(13)14-17-8)11(18-3)5-10(9)16-2/h4-6H,1-3H3,(H2,13,14). The molecular weight excluding hydrogens is 252 g/mol. The molecule has 0 saturated heterocycles. The quantitative estimate of drug-likeness (QED) is 0.858. The summed E-state index contributed by atoms with van der Waals surface area (Å²) in [6.45, 7) is 0. The monoisotopic (exact) mass is 266 g/mol. The van der Waals surface area contributed by atoms with E-state index in [4.69, 9.17) is 19.7 Å². The molecule has 0 amide bonds. The number of anilines is 1. The van der Waals surface area contributed by atoms with Crippen LogP contribution in [0, 0.1) is 0 Å². The van der Waals surface area contributed by atoms with Crippen molar-refractivity contribution in [2.45, 2.75) is 4.90 Å². The maximum absolute atomic E-state index is 5.57. The van der Waals surface area contributed by atoms with Gasteiger partial charge in [-0.05, 0) is 18.4 Å². The number of nitrogens with two attached hydrogens (primary N) is 1. The molecule has 0 spiro atoms. The molecule has 0 bridgehead atoms. The van der Waals surface area contributed by atoms with Gasteiger partial charge in [0, 0.05) is 16.5 Å². The number of nitrogen functional groups attached to an aromatic ring is 1. The molecule has 0 unspecified atom stereocenters. The van der Waals surface area contributed by atoms with Crippen molar-refractivity contribution >= 4 is 17.6 Å². The molecule has 0 aliphatic carbocycles. The molecule has 2 aromatic rings. The fourth-order valence-corrected chi connectivity index (χ4v) is 2.24. The summed E-state index contributed by atoms with van der Waals surface area (Å²) in [5.74, 6) is 2.28. The zero-order valence-corrected chi connectivity index (χ0v) is 11.2. The largest absolute Gasteiger partial charge is 0.493 e. The van der Waals surface area contributed by atoms with E-state index in [9.17, 15) is 0 Å². The van der Waals surface area contributed by atoms with E-state index in [1.807, 2.05) is 18.4 Å². The Balaban J connectivity index is 2.58. The molecule has 18 heavy (non-hydrogen) atoms. The molecule has 5 nitrogen and oxygen atoms in total. The van der Waals surface area contributed by atoms with Gasteiger partial charge in [0.15, 0.2) is 23.1 Å². The molecule has 0 fully saturated rings. The summed E-state index contributed by atoms with van der Waals surface area (Å²) in [5, 5.41) is 3.69. The van der Waals surface area contributed by atoms with Gasteiger partial charge in [-0.2, -0.15) is 0 Å². The second kappa shape index (κ2) is 5.22. The summed E-state index contributed by atoms with van der Waals surface area (Å²) in [6, 6.07) is 5.43. The Morgan fingerprint density at radius 3 is 2.33 bits per heavy atom. The molecular formula is C12H14N2O3S. The van der Waals surface area contributed by atoms with Crippen molar-refractivity contribution in [3.05, 3.63) is 18.2 Å². The zero-order valence-electron chi connectivity index (χ0n) is 10.4. The highest BCUT2D eigenvalue weighted by atomic mass is 32.2. The van der Waals surface area contributed by atoms with E-state index in [2.05, 4.69) is 5.16 Å². The molecule has 1 heterocycles. The lowest BCUT2D eigenvalue weighted by Gasteiger charge is -2.11. The highest BCUT2D eigenvalue weighted by Crippen LogP contribution is 2.39. The van der Waals surface area contributed by atoms with Crippen molar-refractivity contribution in [1.29, 1.82) is 0 Å². The fraction of sp³-hybridized carbons (Fsp3) is 0.250. The second-order valence-electron chi connectivity index (χ2n) is 3.52.